The van der Waals surface area contributed by atoms with Gasteiger partial charge in [0, 0.05) is 12.8 Å². The van der Waals surface area contributed by atoms with Gasteiger partial charge < -0.3 is 27.9 Å². The summed E-state index contributed by atoms with van der Waals surface area (Å²) in [5.74, 6) is -0.843. The van der Waals surface area contributed by atoms with E-state index in [1.165, 1.54) is 135 Å². The second-order valence-corrected chi connectivity index (χ2v) is 24.5. The van der Waals surface area contributed by atoms with Gasteiger partial charge in [0.2, 0.25) is 0 Å². The Morgan fingerprint density at radius 3 is 1.00 bits per heavy atom. The summed E-state index contributed by atoms with van der Waals surface area (Å²) < 4.78 is 34.2. The molecular formula is C70H124NO8P. The second kappa shape index (κ2) is 60.5. The van der Waals surface area contributed by atoms with E-state index in [1.54, 1.807) is 0 Å². The zero-order chi connectivity index (χ0) is 58.4. The van der Waals surface area contributed by atoms with Crippen LogP contribution in [0.15, 0.2) is 97.2 Å². The SMILES string of the molecule is CC/C=C\C/C=C\C/C=C\C/C=C\CCCCCCCCCCCCCCCCCCCCCCCCCCC(=O)OC(COC(=O)CCCCCCCC/C=C\C/C=C\C/C=C\C/C=C\CC)COP(=O)([O-])OCC[N+](C)(C)C. The van der Waals surface area contributed by atoms with Gasteiger partial charge in [0.05, 0.1) is 27.7 Å². The van der Waals surface area contributed by atoms with Crippen LogP contribution in [-0.2, 0) is 32.7 Å². The van der Waals surface area contributed by atoms with Crippen LogP contribution in [0.5, 0.6) is 0 Å². The molecule has 0 aliphatic heterocycles. The molecule has 10 heteroatoms. The fourth-order valence-corrected chi connectivity index (χ4v) is 9.84. The molecular weight excluding hydrogens is 1010 g/mol. The zero-order valence-corrected chi connectivity index (χ0v) is 53.4. The van der Waals surface area contributed by atoms with Gasteiger partial charge in [0.25, 0.3) is 7.82 Å². The number of esters is 2. The van der Waals surface area contributed by atoms with E-state index in [2.05, 4.69) is 111 Å². The predicted molar refractivity (Wildman–Crippen MR) is 342 cm³/mol. The highest BCUT2D eigenvalue weighted by atomic mass is 31.2. The molecule has 0 amide bonds. The number of phosphoric acid groups is 1. The van der Waals surface area contributed by atoms with Crippen LogP contribution in [0.2, 0.25) is 0 Å². The maximum atomic E-state index is 12.8. The standard InChI is InChI=1S/C70H124NO8P/c1-6-8-10-12-14-16-18-20-22-24-26-27-28-29-30-31-32-33-34-35-36-37-38-39-40-41-42-43-45-47-49-51-53-55-57-59-61-63-70(73)79-68(67-78-80(74,75)77-65-64-71(3,4)5)66-76-69(72)62-60-58-56-54-52-50-48-46-44-25-23-21-19-17-15-13-11-9-7-2/h8-11,14-17,20-23,26-27,44,46,68H,6-7,12-13,18-19,24-25,28-43,45,47-67H2,1-5H3/b10-8-,11-9-,16-14-,17-15-,22-20-,23-21-,27-26-,46-44-. The zero-order valence-electron chi connectivity index (χ0n) is 52.5. The molecule has 80 heavy (non-hydrogen) atoms. The maximum Gasteiger partial charge on any atom is 0.306 e. The van der Waals surface area contributed by atoms with E-state index >= 15 is 0 Å². The number of hydrogen-bond donors (Lipinski definition) is 0. The first kappa shape index (κ1) is 76.9. The molecule has 0 N–H and O–H groups in total. The Kier molecular flexibility index (Phi) is 58.2. The largest absolute Gasteiger partial charge is 0.756 e. The van der Waals surface area contributed by atoms with Crippen molar-refractivity contribution in [2.75, 3.05) is 47.5 Å². The Morgan fingerprint density at radius 2 is 0.675 bits per heavy atom. The van der Waals surface area contributed by atoms with Gasteiger partial charge in [-0.25, -0.2) is 0 Å². The lowest BCUT2D eigenvalue weighted by Crippen LogP contribution is -2.37. The summed E-state index contributed by atoms with van der Waals surface area (Å²) in [4.78, 5) is 38.0. The van der Waals surface area contributed by atoms with Crippen molar-refractivity contribution in [3.8, 4) is 0 Å². The van der Waals surface area contributed by atoms with E-state index in [0.29, 0.717) is 23.9 Å². The number of hydrogen-bond acceptors (Lipinski definition) is 8. The predicted octanol–water partition coefficient (Wildman–Crippen LogP) is 20.5. The third kappa shape index (κ3) is 64.1. The first-order chi connectivity index (χ1) is 39.0. The smallest absolute Gasteiger partial charge is 0.306 e. The molecule has 2 atom stereocenters. The molecule has 0 aromatic heterocycles. The van der Waals surface area contributed by atoms with Crippen molar-refractivity contribution in [3.63, 3.8) is 0 Å². The molecule has 0 bridgehead atoms. The minimum atomic E-state index is -4.65. The highest BCUT2D eigenvalue weighted by molar-refractivity contribution is 7.45. The number of quaternary nitrogens is 1. The third-order valence-electron chi connectivity index (χ3n) is 14.1. The molecule has 0 aliphatic rings. The molecule has 0 aromatic rings. The van der Waals surface area contributed by atoms with E-state index in [1.807, 2.05) is 21.1 Å². The van der Waals surface area contributed by atoms with Crippen molar-refractivity contribution in [2.45, 2.75) is 290 Å². The molecule has 0 aromatic carbocycles. The van der Waals surface area contributed by atoms with E-state index in [9.17, 15) is 19.0 Å². The monoisotopic (exact) mass is 1140 g/mol. The average molecular weight is 1140 g/mol. The summed E-state index contributed by atoms with van der Waals surface area (Å²) >= 11 is 0. The van der Waals surface area contributed by atoms with Gasteiger partial charge in [-0.3, -0.25) is 14.2 Å². The molecule has 0 radical (unpaired) electrons. The van der Waals surface area contributed by atoms with Gasteiger partial charge in [-0.15, -0.1) is 0 Å². The number of rotatable bonds is 60. The topological polar surface area (TPSA) is 111 Å². The Bertz CT molecular complexity index is 1670. The lowest BCUT2D eigenvalue weighted by Gasteiger charge is -2.28. The summed E-state index contributed by atoms with van der Waals surface area (Å²) in [6.45, 7) is 4.02. The van der Waals surface area contributed by atoms with Crippen LogP contribution in [0.3, 0.4) is 0 Å². The number of carbonyl (C=O) groups is 2. The minimum absolute atomic E-state index is 0.0355. The Hall–Kier alpha value is -3.07. The van der Waals surface area contributed by atoms with Gasteiger partial charge in [0.15, 0.2) is 6.10 Å². The van der Waals surface area contributed by atoms with Gasteiger partial charge in [-0.2, -0.15) is 0 Å². The summed E-state index contributed by atoms with van der Waals surface area (Å²) in [6.07, 6.45) is 83.5. The van der Waals surface area contributed by atoms with Crippen LogP contribution in [0, 0.1) is 0 Å². The number of phosphoric ester groups is 1. The van der Waals surface area contributed by atoms with Crippen molar-refractivity contribution < 1.29 is 42.1 Å². The lowest BCUT2D eigenvalue weighted by atomic mass is 10.0. The van der Waals surface area contributed by atoms with Crippen LogP contribution in [0.4, 0.5) is 0 Å². The maximum absolute atomic E-state index is 12.8. The van der Waals surface area contributed by atoms with E-state index in [-0.39, 0.29) is 26.1 Å². The van der Waals surface area contributed by atoms with Crippen LogP contribution in [-0.4, -0.2) is 70.0 Å². The Labute approximate surface area is 493 Å². The molecule has 0 heterocycles. The molecule has 0 spiro atoms. The van der Waals surface area contributed by atoms with Crippen LogP contribution < -0.4 is 4.89 Å². The Balaban J connectivity index is 3.99. The van der Waals surface area contributed by atoms with Crippen molar-refractivity contribution in [2.24, 2.45) is 0 Å². The third-order valence-corrected chi connectivity index (χ3v) is 15.1. The van der Waals surface area contributed by atoms with Crippen LogP contribution in [0.25, 0.3) is 0 Å². The summed E-state index contributed by atoms with van der Waals surface area (Å²) in [5, 5.41) is 0. The normalized spacial score (nSPS) is 13.8. The highest BCUT2D eigenvalue weighted by Crippen LogP contribution is 2.38. The molecule has 0 rings (SSSR count). The van der Waals surface area contributed by atoms with Gasteiger partial charge in [0.1, 0.15) is 19.8 Å². The average Bonchev–Trinajstić information content (AvgIpc) is 3.42. The van der Waals surface area contributed by atoms with Crippen LogP contribution in [0.1, 0.15) is 284 Å². The minimum Gasteiger partial charge on any atom is -0.756 e. The molecule has 0 aliphatic carbocycles. The van der Waals surface area contributed by atoms with E-state index < -0.39 is 32.5 Å². The second-order valence-electron chi connectivity index (χ2n) is 23.1. The number of allylic oxidation sites excluding steroid dienone is 16. The fourth-order valence-electron chi connectivity index (χ4n) is 9.11. The van der Waals surface area contributed by atoms with Gasteiger partial charge in [-0.1, -0.05) is 278 Å². The Morgan fingerprint density at radius 1 is 0.388 bits per heavy atom. The molecule has 2 unspecified atom stereocenters. The van der Waals surface area contributed by atoms with Crippen molar-refractivity contribution in [1.29, 1.82) is 0 Å². The van der Waals surface area contributed by atoms with Crippen molar-refractivity contribution in [1.82, 2.24) is 0 Å². The highest BCUT2D eigenvalue weighted by Gasteiger charge is 2.22. The van der Waals surface area contributed by atoms with E-state index in [0.717, 1.165) is 109 Å². The summed E-state index contributed by atoms with van der Waals surface area (Å²) in [5.41, 5.74) is 0. The molecule has 9 nitrogen and oxygen atoms in total. The number of likely N-dealkylation sites (N-methyl/N-ethyl adjacent to an activating group) is 1. The van der Waals surface area contributed by atoms with E-state index in [4.69, 9.17) is 18.5 Å². The first-order valence-corrected chi connectivity index (χ1v) is 34.4. The lowest BCUT2D eigenvalue weighted by molar-refractivity contribution is -0.870. The van der Waals surface area contributed by atoms with Crippen molar-refractivity contribution >= 4 is 19.8 Å². The van der Waals surface area contributed by atoms with Crippen LogP contribution >= 0.6 is 7.82 Å². The molecule has 462 valence electrons. The summed E-state index contributed by atoms with van der Waals surface area (Å²) in [7, 11) is 1.16. The molecule has 0 saturated carbocycles. The number of unbranched alkanes of at least 4 members (excludes halogenated alkanes) is 30. The first-order valence-electron chi connectivity index (χ1n) is 32.9. The van der Waals surface area contributed by atoms with Gasteiger partial charge >= 0.3 is 11.9 Å². The number of ether oxygens (including phenoxy) is 2. The fraction of sp³-hybridized carbons (Fsp3) is 0.743. The van der Waals surface area contributed by atoms with Crippen molar-refractivity contribution in [3.05, 3.63) is 97.2 Å². The number of nitrogens with zero attached hydrogens (tertiary/aromatic N) is 1. The molecule has 0 saturated heterocycles. The molecule has 0 fully saturated rings. The van der Waals surface area contributed by atoms with Gasteiger partial charge in [-0.05, 0) is 89.9 Å². The quantitative estimate of drug-likeness (QED) is 0.0195. The summed E-state index contributed by atoms with van der Waals surface area (Å²) in [6, 6.07) is 0. The number of carbonyl (C=O) groups excluding carboxylic acids is 2.